The van der Waals surface area contributed by atoms with Crippen LogP contribution in [0.2, 0.25) is 0 Å². The molecule has 0 aromatic rings. The Morgan fingerprint density at radius 3 is 2.77 bits per heavy atom. The molecule has 0 saturated carbocycles. The zero-order chi connectivity index (χ0) is 10.1. The van der Waals surface area contributed by atoms with E-state index in [1.54, 1.807) is 0 Å². The summed E-state index contributed by atoms with van der Waals surface area (Å²) >= 11 is 0. The third-order valence-electron chi connectivity index (χ3n) is 1.57. The van der Waals surface area contributed by atoms with E-state index in [1.807, 2.05) is 19.1 Å². The molecule has 1 atom stereocenters. The molecule has 0 radical (unpaired) electrons. The van der Waals surface area contributed by atoms with Gasteiger partial charge in [0.15, 0.2) is 0 Å². The Balaban J connectivity index is 3.34. The number of allylic oxidation sites excluding steroid dienone is 1. The monoisotopic (exact) mass is 186 g/mol. The van der Waals surface area contributed by atoms with Gasteiger partial charge in [-0.05, 0) is 12.8 Å². The van der Waals surface area contributed by atoms with Crippen LogP contribution in [0.5, 0.6) is 0 Å². The molecule has 0 aliphatic carbocycles. The van der Waals surface area contributed by atoms with E-state index >= 15 is 0 Å². The lowest BCUT2D eigenvalue weighted by atomic mass is 10.2. The number of carbonyl (C=O) groups excluding carboxylic acids is 1. The molecule has 0 heterocycles. The Morgan fingerprint density at radius 2 is 2.23 bits per heavy atom. The molecule has 1 unspecified atom stereocenters. The first-order valence-electron chi connectivity index (χ1n) is 4.63. The van der Waals surface area contributed by atoms with Gasteiger partial charge >= 0.3 is 5.97 Å². The van der Waals surface area contributed by atoms with Gasteiger partial charge in [0, 0.05) is 13.3 Å². The fourth-order valence-electron chi connectivity index (χ4n) is 0.877. The van der Waals surface area contributed by atoms with Gasteiger partial charge in [-0.2, -0.15) is 0 Å². The molecule has 76 valence electrons. The van der Waals surface area contributed by atoms with Crippen molar-refractivity contribution in [2.45, 2.75) is 39.2 Å². The largest absolute Gasteiger partial charge is 0.466 e. The van der Waals surface area contributed by atoms with Crippen molar-refractivity contribution in [3.63, 3.8) is 0 Å². The van der Waals surface area contributed by atoms with Crippen molar-refractivity contribution < 1.29 is 14.6 Å². The van der Waals surface area contributed by atoms with Crippen LogP contribution in [0.1, 0.15) is 33.1 Å². The highest BCUT2D eigenvalue weighted by molar-refractivity contribution is 5.65. The Bertz CT molecular complexity index is 164. The zero-order valence-electron chi connectivity index (χ0n) is 8.32. The molecule has 0 rings (SSSR count). The summed E-state index contributed by atoms with van der Waals surface area (Å²) in [7, 11) is 0. The van der Waals surface area contributed by atoms with Gasteiger partial charge in [0.1, 0.15) is 0 Å². The minimum Gasteiger partial charge on any atom is -0.466 e. The number of esters is 1. The Morgan fingerprint density at radius 1 is 1.54 bits per heavy atom. The van der Waals surface area contributed by atoms with Crippen LogP contribution in [-0.2, 0) is 9.53 Å². The van der Waals surface area contributed by atoms with Gasteiger partial charge in [0.25, 0.3) is 0 Å². The summed E-state index contributed by atoms with van der Waals surface area (Å²) in [6.45, 7) is 3.71. The van der Waals surface area contributed by atoms with Crippen molar-refractivity contribution in [3.05, 3.63) is 12.2 Å². The first-order chi connectivity index (χ1) is 6.16. The summed E-state index contributed by atoms with van der Waals surface area (Å²) in [5.41, 5.74) is 0. The van der Waals surface area contributed by atoms with Gasteiger partial charge in [-0.15, -0.1) is 0 Å². The fourth-order valence-corrected chi connectivity index (χ4v) is 0.877. The van der Waals surface area contributed by atoms with E-state index in [9.17, 15) is 9.90 Å². The highest BCUT2D eigenvalue weighted by atomic mass is 16.5. The van der Waals surface area contributed by atoms with E-state index in [4.69, 9.17) is 4.74 Å². The maximum atomic E-state index is 10.4. The number of carbonyl (C=O) groups is 1. The molecule has 3 nitrogen and oxygen atoms in total. The second-order valence-electron chi connectivity index (χ2n) is 2.90. The van der Waals surface area contributed by atoms with Crippen LogP contribution in [0.3, 0.4) is 0 Å². The van der Waals surface area contributed by atoms with Crippen molar-refractivity contribution in [2.24, 2.45) is 0 Å². The second-order valence-corrected chi connectivity index (χ2v) is 2.90. The van der Waals surface area contributed by atoms with Gasteiger partial charge in [-0.1, -0.05) is 19.1 Å². The predicted molar refractivity (Wildman–Crippen MR) is 51.3 cm³/mol. The molecule has 13 heavy (non-hydrogen) atoms. The van der Waals surface area contributed by atoms with E-state index < -0.39 is 6.10 Å². The molecule has 0 spiro atoms. The van der Waals surface area contributed by atoms with Crippen LogP contribution in [-0.4, -0.2) is 23.8 Å². The smallest absolute Gasteiger partial charge is 0.302 e. The molecule has 0 saturated heterocycles. The van der Waals surface area contributed by atoms with E-state index in [2.05, 4.69) is 0 Å². The van der Waals surface area contributed by atoms with Gasteiger partial charge in [-0.25, -0.2) is 0 Å². The summed E-state index contributed by atoms with van der Waals surface area (Å²) in [5.74, 6) is -0.295. The first kappa shape index (κ1) is 12.2. The summed E-state index contributed by atoms with van der Waals surface area (Å²) in [4.78, 5) is 10.4. The lowest BCUT2D eigenvalue weighted by Gasteiger charge is -2.07. The van der Waals surface area contributed by atoms with Crippen molar-refractivity contribution in [1.29, 1.82) is 0 Å². The number of aliphatic hydroxyl groups excluding tert-OH is 1. The van der Waals surface area contributed by atoms with Gasteiger partial charge in [0.05, 0.1) is 12.7 Å². The summed E-state index contributed by atoms with van der Waals surface area (Å²) in [6, 6.07) is 0. The molecule has 0 aliphatic heterocycles. The Hall–Kier alpha value is -0.830. The lowest BCUT2D eigenvalue weighted by Crippen LogP contribution is -2.11. The van der Waals surface area contributed by atoms with E-state index in [0.29, 0.717) is 19.4 Å². The number of hydrogen-bond donors (Lipinski definition) is 1. The number of ether oxygens (including phenoxy) is 1. The third-order valence-corrected chi connectivity index (χ3v) is 1.57. The molecule has 1 N–H and O–H groups in total. The first-order valence-corrected chi connectivity index (χ1v) is 4.63. The molecule has 0 aromatic carbocycles. The average molecular weight is 186 g/mol. The quantitative estimate of drug-likeness (QED) is 0.507. The normalized spacial score (nSPS) is 13.2. The molecule has 3 heteroatoms. The van der Waals surface area contributed by atoms with E-state index in [0.717, 1.165) is 6.42 Å². The Labute approximate surface area is 79.4 Å². The molecular weight excluding hydrogens is 168 g/mol. The summed E-state index contributed by atoms with van der Waals surface area (Å²) < 4.78 is 4.70. The topological polar surface area (TPSA) is 46.5 Å². The molecule has 0 aliphatic rings. The third kappa shape index (κ3) is 9.08. The summed E-state index contributed by atoms with van der Waals surface area (Å²) in [5, 5.41) is 9.35. The van der Waals surface area contributed by atoms with Crippen LogP contribution in [0.25, 0.3) is 0 Å². The van der Waals surface area contributed by atoms with Crippen LogP contribution in [0, 0.1) is 0 Å². The standard InChI is InChI=1S/C10H18O3/c1-3-4-5-6-10(12)7-8-13-9(2)11/h4-5,10,12H,3,6-8H2,1-2H3/b5-4-. The van der Waals surface area contributed by atoms with Gasteiger partial charge < -0.3 is 9.84 Å². The highest BCUT2D eigenvalue weighted by Crippen LogP contribution is 2.00. The van der Waals surface area contributed by atoms with E-state index in [-0.39, 0.29) is 5.97 Å². The molecule has 0 aromatic heterocycles. The van der Waals surface area contributed by atoms with Crippen molar-refractivity contribution in [1.82, 2.24) is 0 Å². The maximum Gasteiger partial charge on any atom is 0.302 e. The minimum atomic E-state index is -0.401. The zero-order valence-corrected chi connectivity index (χ0v) is 8.32. The van der Waals surface area contributed by atoms with Crippen molar-refractivity contribution in [3.8, 4) is 0 Å². The fraction of sp³-hybridized carbons (Fsp3) is 0.700. The minimum absolute atomic E-state index is 0.295. The number of hydrogen-bond acceptors (Lipinski definition) is 3. The average Bonchev–Trinajstić information content (AvgIpc) is 2.04. The maximum absolute atomic E-state index is 10.4. The van der Waals surface area contributed by atoms with Crippen LogP contribution < -0.4 is 0 Å². The molecule has 0 amide bonds. The van der Waals surface area contributed by atoms with Crippen LogP contribution >= 0.6 is 0 Å². The Kier molecular flexibility index (Phi) is 7.30. The van der Waals surface area contributed by atoms with Gasteiger partial charge in [0.2, 0.25) is 0 Å². The van der Waals surface area contributed by atoms with Gasteiger partial charge in [-0.3, -0.25) is 4.79 Å². The van der Waals surface area contributed by atoms with Crippen molar-refractivity contribution in [2.75, 3.05) is 6.61 Å². The van der Waals surface area contributed by atoms with Crippen molar-refractivity contribution >= 4 is 5.97 Å². The number of aliphatic hydroxyl groups is 1. The SMILES string of the molecule is CC/C=C\CC(O)CCOC(C)=O. The highest BCUT2D eigenvalue weighted by Gasteiger charge is 2.02. The van der Waals surface area contributed by atoms with Crippen LogP contribution in [0.15, 0.2) is 12.2 Å². The van der Waals surface area contributed by atoms with E-state index in [1.165, 1.54) is 6.92 Å². The van der Waals surface area contributed by atoms with Crippen LogP contribution in [0.4, 0.5) is 0 Å². The number of rotatable bonds is 6. The second kappa shape index (κ2) is 7.80. The lowest BCUT2D eigenvalue weighted by molar-refractivity contribution is -0.141. The summed E-state index contributed by atoms with van der Waals surface area (Å²) in [6.07, 6.45) is 5.68. The molecule has 0 fully saturated rings. The molecular formula is C10H18O3. The predicted octanol–water partition coefficient (Wildman–Crippen LogP) is 1.66. The molecule has 0 bridgehead atoms.